The van der Waals surface area contributed by atoms with E-state index < -0.39 is 6.03 Å². The maximum atomic E-state index is 12.1. The molecular formula is C22H30ClN3O2. The lowest BCUT2D eigenvalue weighted by molar-refractivity contribution is -0.120. The molecule has 4 saturated carbocycles. The molecule has 6 heteroatoms. The fourth-order valence-corrected chi connectivity index (χ4v) is 6.29. The van der Waals surface area contributed by atoms with Crippen molar-refractivity contribution in [2.75, 3.05) is 18.4 Å². The van der Waals surface area contributed by atoms with Crippen molar-refractivity contribution < 1.29 is 9.59 Å². The zero-order chi connectivity index (χ0) is 19.7. The molecule has 4 fully saturated rings. The fourth-order valence-electron chi connectivity index (χ4n) is 6.06. The van der Waals surface area contributed by atoms with E-state index in [0.29, 0.717) is 17.3 Å². The highest BCUT2D eigenvalue weighted by molar-refractivity contribution is 6.33. The zero-order valence-corrected chi connectivity index (χ0v) is 17.3. The second kappa shape index (κ2) is 7.94. The molecule has 0 aromatic heterocycles. The average molecular weight is 404 g/mol. The van der Waals surface area contributed by atoms with Crippen LogP contribution in [0.3, 0.4) is 0 Å². The molecule has 3 amide bonds. The van der Waals surface area contributed by atoms with E-state index >= 15 is 0 Å². The summed E-state index contributed by atoms with van der Waals surface area (Å²) in [6.45, 7) is 2.55. The molecule has 0 radical (unpaired) electrons. The van der Waals surface area contributed by atoms with Crippen molar-refractivity contribution >= 4 is 29.2 Å². The molecule has 4 aliphatic carbocycles. The van der Waals surface area contributed by atoms with Crippen LogP contribution >= 0.6 is 11.6 Å². The molecular weight excluding hydrogens is 374 g/mol. The highest BCUT2D eigenvalue weighted by Crippen LogP contribution is 2.60. The Bertz CT molecular complexity index is 729. The average Bonchev–Trinajstić information content (AvgIpc) is 2.65. The Morgan fingerprint density at radius 2 is 1.71 bits per heavy atom. The van der Waals surface area contributed by atoms with Gasteiger partial charge in [-0.15, -0.1) is 0 Å². The van der Waals surface area contributed by atoms with Gasteiger partial charge in [-0.2, -0.15) is 0 Å². The van der Waals surface area contributed by atoms with E-state index in [1.165, 1.54) is 44.1 Å². The SMILES string of the molecule is CCCNC(=O)CNC(=O)Nc1ccc(C23CC4CC(CC(C4)C2)C3)cc1Cl. The molecule has 0 saturated heterocycles. The third-order valence-electron chi connectivity index (χ3n) is 6.85. The van der Waals surface area contributed by atoms with Crippen molar-refractivity contribution in [2.24, 2.45) is 17.8 Å². The Hall–Kier alpha value is -1.75. The predicted molar refractivity (Wildman–Crippen MR) is 112 cm³/mol. The summed E-state index contributed by atoms with van der Waals surface area (Å²) in [4.78, 5) is 23.7. The van der Waals surface area contributed by atoms with Crippen molar-refractivity contribution in [3.05, 3.63) is 28.8 Å². The summed E-state index contributed by atoms with van der Waals surface area (Å²) in [6, 6.07) is 5.68. The number of amides is 3. The van der Waals surface area contributed by atoms with E-state index in [9.17, 15) is 9.59 Å². The van der Waals surface area contributed by atoms with Gasteiger partial charge in [-0.05, 0) is 85.8 Å². The van der Waals surface area contributed by atoms with Gasteiger partial charge in [-0.25, -0.2) is 4.79 Å². The van der Waals surface area contributed by atoms with Crippen LogP contribution in [-0.4, -0.2) is 25.0 Å². The standard InChI is InChI=1S/C22H30ClN3O2/c1-2-5-24-20(27)13-25-21(28)26-19-4-3-17(9-18(19)23)22-10-14-6-15(11-22)8-16(7-14)12-22/h3-4,9,14-16H,2,5-8,10-13H2,1H3,(H,24,27)(H2,25,26,28). The third kappa shape index (κ3) is 4.00. The van der Waals surface area contributed by atoms with Gasteiger partial charge in [0, 0.05) is 6.54 Å². The molecule has 4 bridgehead atoms. The summed E-state index contributed by atoms with van der Waals surface area (Å²) in [5.74, 6) is 2.45. The third-order valence-corrected chi connectivity index (χ3v) is 7.16. The van der Waals surface area contributed by atoms with Crippen LogP contribution in [0.1, 0.15) is 57.4 Å². The Morgan fingerprint density at radius 1 is 1.07 bits per heavy atom. The molecule has 5 rings (SSSR count). The van der Waals surface area contributed by atoms with Gasteiger partial charge in [0.2, 0.25) is 5.91 Å². The van der Waals surface area contributed by atoms with Crippen LogP contribution in [0.15, 0.2) is 18.2 Å². The first kappa shape index (κ1) is 19.6. The summed E-state index contributed by atoms with van der Waals surface area (Å²) >= 11 is 6.52. The number of carbonyl (C=O) groups is 2. The Labute approximate surface area is 172 Å². The number of anilines is 1. The lowest BCUT2D eigenvalue weighted by atomic mass is 9.48. The van der Waals surface area contributed by atoms with Crippen LogP contribution in [0.4, 0.5) is 10.5 Å². The molecule has 3 N–H and O–H groups in total. The summed E-state index contributed by atoms with van der Waals surface area (Å²) < 4.78 is 0. The number of hydrogen-bond donors (Lipinski definition) is 3. The van der Waals surface area contributed by atoms with E-state index in [2.05, 4.69) is 28.1 Å². The molecule has 0 atom stereocenters. The summed E-state index contributed by atoms with van der Waals surface area (Å²) in [5, 5.41) is 8.62. The number of hydrogen-bond acceptors (Lipinski definition) is 2. The minimum Gasteiger partial charge on any atom is -0.355 e. The van der Waals surface area contributed by atoms with Crippen LogP contribution < -0.4 is 16.0 Å². The van der Waals surface area contributed by atoms with Gasteiger partial charge >= 0.3 is 6.03 Å². The van der Waals surface area contributed by atoms with E-state index in [4.69, 9.17) is 11.6 Å². The van der Waals surface area contributed by atoms with Crippen molar-refractivity contribution in [3.63, 3.8) is 0 Å². The summed E-state index contributed by atoms with van der Waals surface area (Å²) in [6.07, 6.45) is 8.97. The molecule has 5 nitrogen and oxygen atoms in total. The predicted octanol–water partition coefficient (Wildman–Crippen LogP) is 4.46. The quantitative estimate of drug-likeness (QED) is 0.656. The molecule has 28 heavy (non-hydrogen) atoms. The number of carbonyl (C=O) groups excluding carboxylic acids is 2. The van der Waals surface area contributed by atoms with Crippen LogP contribution in [0.5, 0.6) is 0 Å². The van der Waals surface area contributed by atoms with Gasteiger partial charge < -0.3 is 16.0 Å². The number of urea groups is 1. The van der Waals surface area contributed by atoms with Crippen molar-refractivity contribution in [2.45, 2.75) is 57.3 Å². The van der Waals surface area contributed by atoms with E-state index in [1.807, 2.05) is 13.0 Å². The van der Waals surface area contributed by atoms with Crippen LogP contribution in [0.25, 0.3) is 0 Å². The smallest absolute Gasteiger partial charge is 0.319 e. The van der Waals surface area contributed by atoms with Gasteiger partial charge in [0.1, 0.15) is 0 Å². The maximum Gasteiger partial charge on any atom is 0.319 e. The largest absolute Gasteiger partial charge is 0.355 e. The highest BCUT2D eigenvalue weighted by Gasteiger charge is 2.51. The molecule has 1 aromatic carbocycles. The lowest BCUT2D eigenvalue weighted by Gasteiger charge is -2.57. The molecule has 0 unspecified atom stereocenters. The number of halogens is 1. The summed E-state index contributed by atoms with van der Waals surface area (Å²) in [7, 11) is 0. The molecule has 0 aliphatic heterocycles. The van der Waals surface area contributed by atoms with E-state index in [-0.39, 0.29) is 17.9 Å². The van der Waals surface area contributed by atoms with Crippen molar-refractivity contribution in [3.8, 4) is 0 Å². The Balaban J connectivity index is 1.38. The molecule has 4 aliphatic rings. The fraction of sp³-hybridized carbons (Fsp3) is 0.636. The first-order chi connectivity index (χ1) is 13.5. The minimum atomic E-state index is -0.420. The van der Waals surface area contributed by atoms with Crippen LogP contribution in [0, 0.1) is 17.8 Å². The highest BCUT2D eigenvalue weighted by atomic mass is 35.5. The second-order valence-electron chi connectivity index (χ2n) is 9.05. The first-order valence-electron chi connectivity index (χ1n) is 10.6. The normalized spacial score (nSPS) is 30.1. The van der Waals surface area contributed by atoms with Gasteiger partial charge in [0.15, 0.2) is 0 Å². The van der Waals surface area contributed by atoms with Crippen LogP contribution in [0.2, 0.25) is 5.02 Å². The topological polar surface area (TPSA) is 70.2 Å². The number of rotatable bonds is 6. The first-order valence-corrected chi connectivity index (χ1v) is 11.0. The van der Waals surface area contributed by atoms with Crippen molar-refractivity contribution in [1.82, 2.24) is 10.6 Å². The van der Waals surface area contributed by atoms with Gasteiger partial charge in [0.25, 0.3) is 0 Å². The number of benzene rings is 1. The maximum absolute atomic E-state index is 12.1. The van der Waals surface area contributed by atoms with Gasteiger partial charge in [-0.3, -0.25) is 4.79 Å². The molecule has 0 heterocycles. The van der Waals surface area contributed by atoms with E-state index in [0.717, 1.165) is 24.2 Å². The second-order valence-corrected chi connectivity index (χ2v) is 9.46. The molecule has 152 valence electrons. The molecule has 0 spiro atoms. The van der Waals surface area contributed by atoms with Gasteiger partial charge in [-0.1, -0.05) is 24.6 Å². The summed E-state index contributed by atoms with van der Waals surface area (Å²) in [5.41, 5.74) is 2.21. The van der Waals surface area contributed by atoms with Crippen molar-refractivity contribution in [1.29, 1.82) is 0 Å². The number of nitrogens with one attached hydrogen (secondary N) is 3. The monoisotopic (exact) mass is 403 g/mol. The minimum absolute atomic E-state index is 0.0468. The molecule has 1 aromatic rings. The van der Waals surface area contributed by atoms with Gasteiger partial charge in [0.05, 0.1) is 17.3 Å². The Kier molecular flexibility index (Phi) is 5.55. The van der Waals surface area contributed by atoms with E-state index in [1.54, 1.807) is 0 Å². The zero-order valence-electron chi connectivity index (χ0n) is 16.5. The Morgan fingerprint density at radius 3 is 2.29 bits per heavy atom. The lowest BCUT2D eigenvalue weighted by Crippen LogP contribution is -2.48. The van der Waals surface area contributed by atoms with Crippen LogP contribution in [-0.2, 0) is 10.2 Å².